The molecule has 21 heavy (non-hydrogen) atoms. The number of likely N-dealkylation sites (tertiary alicyclic amines) is 1. The van der Waals surface area contributed by atoms with Crippen molar-refractivity contribution in [3.05, 3.63) is 30.3 Å². The molecule has 5 heteroatoms. The van der Waals surface area contributed by atoms with E-state index in [0.717, 1.165) is 12.8 Å². The third-order valence-electron chi connectivity index (χ3n) is 3.96. The molecule has 114 valence electrons. The number of carbonyl (C=O) groups excluding carboxylic acids is 1. The van der Waals surface area contributed by atoms with Crippen molar-refractivity contribution in [2.45, 2.75) is 32.7 Å². The smallest absolute Gasteiger partial charge is 0.325 e. The van der Waals surface area contributed by atoms with Gasteiger partial charge in [-0.2, -0.15) is 0 Å². The van der Waals surface area contributed by atoms with E-state index in [-0.39, 0.29) is 18.6 Å². The molecule has 1 heterocycles. The van der Waals surface area contributed by atoms with Crippen LogP contribution in [0.1, 0.15) is 26.7 Å². The van der Waals surface area contributed by atoms with E-state index < -0.39 is 5.97 Å². The zero-order chi connectivity index (χ0) is 15.4. The average Bonchev–Trinajstić information content (AvgIpc) is 2.47. The van der Waals surface area contributed by atoms with Crippen LogP contribution in [0.4, 0.5) is 10.5 Å². The van der Waals surface area contributed by atoms with Crippen LogP contribution in [0.5, 0.6) is 0 Å². The SMILES string of the molecule is CC1CCC(C)N(C(=O)N(CC(=O)O)c2ccccc2)C1. The summed E-state index contributed by atoms with van der Waals surface area (Å²) in [5, 5.41) is 9.10. The number of benzene rings is 1. The van der Waals surface area contributed by atoms with Crippen LogP contribution >= 0.6 is 0 Å². The molecule has 1 saturated heterocycles. The highest BCUT2D eigenvalue weighted by Gasteiger charge is 2.31. The van der Waals surface area contributed by atoms with Crippen molar-refractivity contribution in [1.29, 1.82) is 0 Å². The maximum absolute atomic E-state index is 12.8. The molecule has 0 bridgehead atoms. The number of anilines is 1. The van der Waals surface area contributed by atoms with Crippen molar-refractivity contribution in [3.63, 3.8) is 0 Å². The summed E-state index contributed by atoms with van der Waals surface area (Å²) in [7, 11) is 0. The summed E-state index contributed by atoms with van der Waals surface area (Å²) in [6.45, 7) is 4.51. The normalized spacial score (nSPS) is 21.9. The van der Waals surface area contributed by atoms with Gasteiger partial charge >= 0.3 is 12.0 Å². The van der Waals surface area contributed by atoms with Crippen LogP contribution in [0.15, 0.2) is 30.3 Å². The predicted molar refractivity (Wildman–Crippen MR) is 81.4 cm³/mol. The number of piperidine rings is 1. The first-order valence-electron chi connectivity index (χ1n) is 7.34. The molecule has 0 aromatic heterocycles. The summed E-state index contributed by atoms with van der Waals surface area (Å²) in [6.07, 6.45) is 2.07. The lowest BCUT2D eigenvalue weighted by molar-refractivity contribution is -0.135. The molecule has 0 radical (unpaired) electrons. The van der Waals surface area contributed by atoms with E-state index in [0.29, 0.717) is 18.2 Å². The summed E-state index contributed by atoms with van der Waals surface area (Å²) < 4.78 is 0. The second-order valence-corrected chi connectivity index (χ2v) is 5.78. The molecule has 2 atom stereocenters. The third kappa shape index (κ3) is 3.74. The molecule has 5 nitrogen and oxygen atoms in total. The van der Waals surface area contributed by atoms with Gasteiger partial charge in [0.2, 0.25) is 0 Å². The zero-order valence-corrected chi connectivity index (χ0v) is 12.5. The van der Waals surface area contributed by atoms with Crippen molar-refractivity contribution in [2.24, 2.45) is 5.92 Å². The van der Waals surface area contributed by atoms with E-state index in [1.165, 1.54) is 4.90 Å². The topological polar surface area (TPSA) is 60.9 Å². The monoisotopic (exact) mass is 290 g/mol. The Kier molecular flexibility index (Phi) is 4.83. The molecule has 0 saturated carbocycles. The molecule has 2 amide bonds. The molecule has 1 N–H and O–H groups in total. The fourth-order valence-electron chi connectivity index (χ4n) is 2.72. The number of urea groups is 1. The minimum atomic E-state index is -1.01. The van der Waals surface area contributed by atoms with Gasteiger partial charge in [-0.05, 0) is 37.8 Å². The van der Waals surface area contributed by atoms with E-state index in [9.17, 15) is 9.59 Å². The zero-order valence-electron chi connectivity index (χ0n) is 12.5. The van der Waals surface area contributed by atoms with E-state index in [1.54, 1.807) is 29.2 Å². The molecule has 0 spiro atoms. The number of para-hydroxylation sites is 1. The Hall–Kier alpha value is -2.04. The van der Waals surface area contributed by atoms with Gasteiger partial charge in [-0.15, -0.1) is 0 Å². The van der Waals surface area contributed by atoms with Crippen LogP contribution in [-0.2, 0) is 4.79 Å². The molecule has 1 aliphatic heterocycles. The molecule has 1 fully saturated rings. The molecular formula is C16H22N2O3. The van der Waals surface area contributed by atoms with Crippen molar-refractivity contribution in [1.82, 2.24) is 4.90 Å². The Morgan fingerprint density at radius 3 is 2.52 bits per heavy atom. The number of nitrogens with zero attached hydrogens (tertiary/aromatic N) is 2. The molecule has 1 aliphatic rings. The fourth-order valence-corrected chi connectivity index (χ4v) is 2.72. The quantitative estimate of drug-likeness (QED) is 0.931. The van der Waals surface area contributed by atoms with Crippen molar-refractivity contribution >= 4 is 17.7 Å². The largest absolute Gasteiger partial charge is 0.480 e. The fraction of sp³-hybridized carbons (Fsp3) is 0.500. The Balaban J connectivity index is 2.23. The van der Waals surface area contributed by atoms with Gasteiger partial charge in [-0.3, -0.25) is 9.69 Å². The van der Waals surface area contributed by atoms with Gasteiger partial charge in [-0.25, -0.2) is 4.79 Å². The number of amides is 2. The summed E-state index contributed by atoms with van der Waals surface area (Å²) in [5.74, 6) is -0.558. The third-order valence-corrected chi connectivity index (χ3v) is 3.96. The number of rotatable bonds is 3. The Morgan fingerprint density at radius 2 is 1.90 bits per heavy atom. The Labute approximate surface area is 125 Å². The molecule has 0 aliphatic carbocycles. The summed E-state index contributed by atoms with van der Waals surface area (Å²) in [4.78, 5) is 27.0. The standard InChI is InChI=1S/C16H22N2O3/c1-12-8-9-13(2)17(10-12)16(21)18(11-15(19)20)14-6-4-3-5-7-14/h3-7,12-13H,8-11H2,1-2H3,(H,19,20). The van der Waals surface area contributed by atoms with Crippen LogP contribution in [0.2, 0.25) is 0 Å². The summed E-state index contributed by atoms with van der Waals surface area (Å²) >= 11 is 0. The second kappa shape index (κ2) is 6.61. The lowest BCUT2D eigenvalue weighted by Gasteiger charge is -2.39. The second-order valence-electron chi connectivity index (χ2n) is 5.78. The highest BCUT2D eigenvalue weighted by molar-refractivity contribution is 5.96. The van der Waals surface area contributed by atoms with Gasteiger partial charge in [0, 0.05) is 18.3 Å². The van der Waals surface area contributed by atoms with Crippen LogP contribution < -0.4 is 4.90 Å². The number of hydrogen-bond donors (Lipinski definition) is 1. The molecule has 1 aromatic carbocycles. The number of aliphatic carboxylic acids is 1. The average molecular weight is 290 g/mol. The van der Waals surface area contributed by atoms with Gasteiger partial charge < -0.3 is 10.0 Å². The van der Waals surface area contributed by atoms with E-state index in [2.05, 4.69) is 6.92 Å². The lowest BCUT2D eigenvalue weighted by atomic mass is 9.95. The molecule has 2 unspecified atom stereocenters. The summed E-state index contributed by atoms with van der Waals surface area (Å²) in [6, 6.07) is 8.91. The summed E-state index contributed by atoms with van der Waals surface area (Å²) in [5.41, 5.74) is 0.621. The van der Waals surface area contributed by atoms with Crippen molar-refractivity contribution in [3.8, 4) is 0 Å². The first-order chi connectivity index (χ1) is 9.99. The van der Waals surface area contributed by atoms with Gasteiger partial charge in [0.05, 0.1) is 0 Å². The van der Waals surface area contributed by atoms with E-state index in [4.69, 9.17) is 5.11 Å². The minimum absolute atomic E-state index is 0.147. The Morgan fingerprint density at radius 1 is 1.24 bits per heavy atom. The predicted octanol–water partition coefficient (Wildman–Crippen LogP) is 2.82. The highest BCUT2D eigenvalue weighted by atomic mass is 16.4. The van der Waals surface area contributed by atoms with E-state index in [1.807, 2.05) is 13.0 Å². The van der Waals surface area contributed by atoms with Crippen LogP contribution in [0.25, 0.3) is 0 Å². The van der Waals surface area contributed by atoms with Crippen molar-refractivity contribution in [2.75, 3.05) is 18.0 Å². The van der Waals surface area contributed by atoms with Gasteiger partial charge in [0.25, 0.3) is 0 Å². The number of carboxylic acid groups (broad SMARTS) is 1. The number of carbonyl (C=O) groups is 2. The van der Waals surface area contributed by atoms with Gasteiger partial charge in [0.15, 0.2) is 0 Å². The molecule has 2 rings (SSSR count). The molecular weight excluding hydrogens is 268 g/mol. The minimum Gasteiger partial charge on any atom is -0.480 e. The first kappa shape index (κ1) is 15.4. The molecule has 1 aromatic rings. The Bertz CT molecular complexity index is 504. The van der Waals surface area contributed by atoms with Gasteiger partial charge in [-0.1, -0.05) is 25.1 Å². The number of hydrogen-bond acceptors (Lipinski definition) is 2. The lowest BCUT2D eigenvalue weighted by Crippen LogP contribution is -2.52. The maximum Gasteiger partial charge on any atom is 0.325 e. The number of carboxylic acids is 1. The van der Waals surface area contributed by atoms with Gasteiger partial charge in [0.1, 0.15) is 6.54 Å². The first-order valence-corrected chi connectivity index (χ1v) is 7.34. The highest BCUT2D eigenvalue weighted by Crippen LogP contribution is 2.24. The van der Waals surface area contributed by atoms with Crippen molar-refractivity contribution < 1.29 is 14.7 Å². The maximum atomic E-state index is 12.8. The van der Waals surface area contributed by atoms with Crippen LogP contribution in [0.3, 0.4) is 0 Å². The van der Waals surface area contributed by atoms with E-state index >= 15 is 0 Å². The van der Waals surface area contributed by atoms with Crippen LogP contribution in [0, 0.1) is 5.92 Å². The van der Waals surface area contributed by atoms with Crippen LogP contribution in [-0.4, -0.2) is 41.1 Å².